The molecule has 0 fully saturated rings. The molecule has 0 heterocycles. The molecule has 0 aliphatic rings. The fraction of sp³-hybridized carbons (Fsp3) is 1.00. The van der Waals surface area contributed by atoms with E-state index < -0.39 is 0 Å². The smallest absolute Gasteiger partial charge is 0.146 e. The molecule has 0 spiro atoms. The van der Waals surface area contributed by atoms with Gasteiger partial charge in [-0.2, -0.15) is 0 Å². The van der Waals surface area contributed by atoms with Crippen LogP contribution in [0.25, 0.3) is 0 Å². The maximum atomic E-state index is 5.35. The van der Waals surface area contributed by atoms with Crippen molar-refractivity contribution in [3.05, 3.63) is 0 Å². The van der Waals surface area contributed by atoms with E-state index in [1.807, 2.05) is 6.92 Å². The lowest BCUT2D eigenvalue weighted by atomic mass is 10.5. The Hall–Kier alpha value is 0.467. The second-order valence-electron chi connectivity index (χ2n) is 1.20. The zero-order chi connectivity index (χ0) is 4.99. The molecule has 1 unspecified atom stereocenters. The highest BCUT2D eigenvalue weighted by molar-refractivity contribution is 6.18. The van der Waals surface area contributed by atoms with Gasteiger partial charge in [-0.1, -0.05) is 0 Å². The van der Waals surface area contributed by atoms with Crippen molar-refractivity contribution in [2.75, 3.05) is 5.88 Å². The van der Waals surface area contributed by atoms with Crippen molar-refractivity contribution >= 4 is 22.1 Å². The first-order valence-corrected chi connectivity index (χ1v) is 3.25. The molecule has 0 radical (unpaired) electrons. The minimum absolute atomic E-state index is 0.262. The summed E-state index contributed by atoms with van der Waals surface area (Å²) >= 11 is 5.35. The van der Waals surface area contributed by atoms with Gasteiger partial charge in [-0.3, -0.25) is 0 Å². The minimum Gasteiger partial charge on any atom is -0.424 e. The number of rotatable bonds is 2. The van der Waals surface area contributed by atoms with Crippen molar-refractivity contribution in [2.24, 2.45) is 0 Å². The Labute approximate surface area is 46.2 Å². The number of hydrogen-bond donors (Lipinski definition) is 0. The van der Waals surface area contributed by atoms with Gasteiger partial charge in [0.1, 0.15) is 10.5 Å². The van der Waals surface area contributed by atoms with Gasteiger partial charge in [-0.05, 0) is 6.92 Å². The van der Waals surface area contributed by atoms with Gasteiger partial charge >= 0.3 is 0 Å². The second kappa shape index (κ2) is 3.65. The molecule has 1 nitrogen and oxygen atoms in total. The van der Waals surface area contributed by atoms with Crippen LogP contribution >= 0.6 is 11.6 Å². The molecule has 0 aromatic heterocycles. The van der Waals surface area contributed by atoms with Crippen LogP contribution < -0.4 is 0 Å². The summed E-state index contributed by atoms with van der Waals surface area (Å²) in [5, 5.41) is 0. The van der Waals surface area contributed by atoms with Crippen LogP contribution in [0.15, 0.2) is 0 Å². The molecule has 3 heteroatoms. The lowest BCUT2D eigenvalue weighted by molar-refractivity contribution is 0.270. The van der Waals surface area contributed by atoms with E-state index in [4.69, 9.17) is 16.0 Å². The highest BCUT2D eigenvalue weighted by Gasteiger charge is 1.89. The normalized spacial score (nSPS) is 15.0. The number of halogens is 1. The van der Waals surface area contributed by atoms with Gasteiger partial charge in [0.05, 0.1) is 6.10 Å². The maximum Gasteiger partial charge on any atom is 0.146 e. The SMILES string of the molecule is CC(CCl)O[SiH3]. The van der Waals surface area contributed by atoms with E-state index in [1.54, 1.807) is 0 Å². The molecule has 0 saturated heterocycles. The summed E-state index contributed by atoms with van der Waals surface area (Å²) in [6, 6.07) is 0. The molecular weight excluding hydrogens is 116 g/mol. The van der Waals surface area contributed by atoms with Crippen molar-refractivity contribution in [3.8, 4) is 0 Å². The summed E-state index contributed by atoms with van der Waals surface area (Å²) in [5.41, 5.74) is 0. The summed E-state index contributed by atoms with van der Waals surface area (Å²) < 4.78 is 4.91. The average molecular weight is 125 g/mol. The third-order valence-electron chi connectivity index (χ3n) is 0.620. The van der Waals surface area contributed by atoms with Crippen LogP contribution in [0.2, 0.25) is 0 Å². The van der Waals surface area contributed by atoms with Crippen molar-refractivity contribution in [3.63, 3.8) is 0 Å². The van der Waals surface area contributed by atoms with E-state index in [9.17, 15) is 0 Å². The van der Waals surface area contributed by atoms with Crippen molar-refractivity contribution < 1.29 is 4.43 Å². The summed E-state index contributed by atoms with van der Waals surface area (Å²) in [6.07, 6.45) is 0.262. The first-order valence-electron chi connectivity index (χ1n) is 1.90. The van der Waals surface area contributed by atoms with Gasteiger partial charge < -0.3 is 4.43 Å². The first-order chi connectivity index (χ1) is 2.81. The molecule has 0 N–H and O–H groups in total. The molecule has 6 heavy (non-hydrogen) atoms. The van der Waals surface area contributed by atoms with E-state index in [2.05, 4.69) is 0 Å². The van der Waals surface area contributed by atoms with E-state index in [0.29, 0.717) is 5.88 Å². The van der Waals surface area contributed by atoms with Gasteiger partial charge in [0, 0.05) is 5.88 Å². The monoisotopic (exact) mass is 124 g/mol. The number of alkyl halides is 1. The molecule has 0 saturated carbocycles. The lowest BCUT2D eigenvalue weighted by Gasteiger charge is -2.01. The van der Waals surface area contributed by atoms with Gasteiger partial charge in [0.15, 0.2) is 0 Å². The third-order valence-corrected chi connectivity index (χ3v) is 1.86. The van der Waals surface area contributed by atoms with Crippen LogP contribution in [0, 0.1) is 0 Å². The van der Waals surface area contributed by atoms with Crippen molar-refractivity contribution in [2.45, 2.75) is 13.0 Å². The Morgan fingerprint density at radius 1 is 2.00 bits per heavy atom. The average Bonchev–Trinajstić information content (AvgIpc) is 1.65. The Morgan fingerprint density at radius 3 is 2.50 bits per heavy atom. The Balaban J connectivity index is 2.75. The van der Waals surface area contributed by atoms with Gasteiger partial charge in [0.25, 0.3) is 0 Å². The fourth-order valence-corrected chi connectivity index (χ4v) is 0.567. The predicted octanol–water partition coefficient (Wildman–Crippen LogP) is -0.0893. The Bertz CT molecular complexity index is 30.0. The Morgan fingerprint density at radius 2 is 2.50 bits per heavy atom. The fourth-order valence-electron chi connectivity index (χ4n) is 0.0630. The Kier molecular flexibility index (Phi) is 3.93. The highest BCUT2D eigenvalue weighted by atomic mass is 35.5. The zero-order valence-electron chi connectivity index (χ0n) is 4.07. The van der Waals surface area contributed by atoms with Gasteiger partial charge in [-0.15, -0.1) is 11.6 Å². The molecule has 0 aliphatic heterocycles. The van der Waals surface area contributed by atoms with E-state index in [-0.39, 0.29) is 6.10 Å². The molecular formula is C3H9ClOSi. The lowest BCUT2D eigenvalue weighted by Crippen LogP contribution is -2.05. The summed E-state index contributed by atoms with van der Waals surface area (Å²) in [4.78, 5) is 0. The first kappa shape index (κ1) is 6.47. The minimum atomic E-state index is 0.262. The van der Waals surface area contributed by atoms with Crippen LogP contribution in [-0.4, -0.2) is 22.5 Å². The van der Waals surface area contributed by atoms with Crippen LogP contribution in [0.3, 0.4) is 0 Å². The molecule has 0 amide bonds. The standard InChI is InChI=1S/C3H9ClOSi/c1-3(2-4)5-6/h3H,2H2,1,6H3. The molecule has 0 rings (SSSR count). The molecule has 1 atom stereocenters. The quantitative estimate of drug-likeness (QED) is 0.370. The summed E-state index contributed by atoms with van der Waals surface area (Å²) in [5.74, 6) is 0.615. The molecule has 0 bridgehead atoms. The topological polar surface area (TPSA) is 9.23 Å². The van der Waals surface area contributed by atoms with Crippen LogP contribution in [0.1, 0.15) is 6.92 Å². The largest absolute Gasteiger partial charge is 0.424 e. The zero-order valence-corrected chi connectivity index (χ0v) is 6.83. The van der Waals surface area contributed by atoms with E-state index >= 15 is 0 Å². The van der Waals surface area contributed by atoms with Gasteiger partial charge in [0.2, 0.25) is 0 Å². The third kappa shape index (κ3) is 2.69. The predicted molar refractivity (Wildman–Crippen MR) is 31.2 cm³/mol. The molecule has 38 valence electrons. The van der Waals surface area contributed by atoms with E-state index in [1.165, 1.54) is 0 Å². The van der Waals surface area contributed by atoms with Crippen molar-refractivity contribution in [1.82, 2.24) is 0 Å². The maximum absolute atomic E-state index is 5.35. The highest BCUT2D eigenvalue weighted by Crippen LogP contribution is 1.87. The van der Waals surface area contributed by atoms with Gasteiger partial charge in [-0.25, -0.2) is 0 Å². The van der Waals surface area contributed by atoms with Crippen molar-refractivity contribution in [1.29, 1.82) is 0 Å². The number of hydrogen-bond acceptors (Lipinski definition) is 1. The van der Waals surface area contributed by atoms with Crippen LogP contribution in [-0.2, 0) is 4.43 Å². The van der Waals surface area contributed by atoms with E-state index in [0.717, 1.165) is 10.5 Å². The molecule has 0 aliphatic carbocycles. The van der Waals surface area contributed by atoms with Crippen LogP contribution in [0.4, 0.5) is 0 Å². The molecule has 0 aromatic carbocycles. The summed E-state index contributed by atoms with van der Waals surface area (Å²) in [7, 11) is 0.798. The summed E-state index contributed by atoms with van der Waals surface area (Å²) in [6.45, 7) is 1.96. The van der Waals surface area contributed by atoms with Crippen LogP contribution in [0.5, 0.6) is 0 Å². The second-order valence-corrected chi connectivity index (χ2v) is 1.98. The molecule has 0 aromatic rings.